The predicted molar refractivity (Wildman–Crippen MR) is 88.3 cm³/mol. The van der Waals surface area contributed by atoms with E-state index in [-0.39, 0.29) is 0 Å². The van der Waals surface area contributed by atoms with Crippen LogP contribution < -0.4 is 5.32 Å². The number of aryl methyl sites for hydroxylation is 2. The topological polar surface area (TPSA) is 55.4 Å². The minimum atomic E-state index is -0.974. The van der Waals surface area contributed by atoms with Crippen LogP contribution in [-0.4, -0.2) is 18.0 Å². The fraction of sp³-hybridized carbons (Fsp3) is 0.294. The van der Waals surface area contributed by atoms with Gasteiger partial charge in [0, 0.05) is 10.6 Å². The molecule has 1 aromatic carbocycles. The van der Waals surface area contributed by atoms with Crippen LogP contribution >= 0.6 is 11.3 Å². The molecule has 0 radical (unpaired) electrons. The highest BCUT2D eigenvalue weighted by Gasteiger charge is 2.21. The van der Waals surface area contributed by atoms with E-state index in [1.54, 1.807) is 12.1 Å². The average molecular weight is 335 g/mol. The first-order valence-electron chi connectivity index (χ1n) is 7.27. The molecule has 1 aromatic heterocycles. The molecule has 4 nitrogen and oxygen atoms in total. The summed E-state index contributed by atoms with van der Waals surface area (Å²) in [7, 11) is 0. The quantitative estimate of drug-likeness (QED) is 0.842. The van der Waals surface area contributed by atoms with Gasteiger partial charge in [-0.15, -0.1) is 11.3 Å². The van der Waals surface area contributed by atoms with Gasteiger partial charge in [0.25, 0.3) is 5.91 Å². The van der Waals surface area contributed by atoms with Crippen molar-refractivity contribution >= 4 is 28.9 Å². The number of nitrogens with one attached hydrogen (secondary N) is 1. The first kappa shape index (κ1) is 17.1. The molecule has 0 saturated heterocycles. The van der Waals surface area contributed by atoms with Gasteiger partial charge in [0.1, 0.15) is 10.7 Å². The number of amides is 1. The van der Waals surface area contributed by atoms with Gasteiger partial charge in [-0.05, 0) is 50.1 Å². The average Bonchev–Trinajstić information content (AvgIpc) is 2.88. The van der Waals surface area contributed by atoms with E-state index in [0.29, 0.717) is 10.6 Å². The van der Waals surface area contributed by atoms with Crippen LogP contribution in [-0.2, 0) is 16.0 Å². The monoisotopic (exact) mass is 335 g/mol. The number of ether oxygens (including phenoxy) is 1. The van der Waals surface area contributed by atoms with Gasteiger partial charge in [-0.2, -0.15) is 0 Å². The Labute approximate surface area is 138 Å². The maximum absolute atomic E-state index is 13.1. The summed E-state index contributed by atoms with van der Waals surface area (Å²) in [5.74, 6) is -1.48. The second kappa shape index (κ2) is 7.37. The second-order valence-electron chi connectivity index (χ2n) is 5.12. The fourth-order valence-electron chi connectivity index (χ4n) is 2.05. The molecule has 0 aliphatic carbocycles. The smallest absolute Gasteiger partial charge is 0.349 e. The number of thiophene rings is 1. The number of anilines is 1. The van der Waals surface area contributed by atoms with E-state index in [1.165, 1.54) is 36.5 Å². The lowest BCUT2D eigenvalue weighted by Crippen LogP contribution is -2.29. The highest BCUT2D eigenvalue weighted by Crippen LogP contribution is 2.23. The van der Waals surface area contributed by atoms with E-state index >= 15 is 0 Å². The van der Waals surface area contributed by atoms with Crippen LogP contribution in [0.1, 0.15) is 34.0 Å². The van der Waals surface area contributed by atoms with E-state index < -0.39 is 23.8 Å². The highest BCUT2D eigenvalue weighted by atomic mass is 32.1. The van der Waals surface area contributed by atoms with Gasteiger partial charge in [0.05, 0.1) is 0 Å². The van der Waals surface area contributed by atoms with Gasteiger partial charge in [0.2, 0.25) is 0 Å². The van der Waals surface area contributed by atoms with Crippen LogP contribution in [0.15, 0.2) is 30.3 Å². The summed E-state index contributed by atoms with van der Waals surface area (Å²) in [6.45, 7) is 5.43. The van der Waals surface area contributed by atoms with Crippen LogP contribution in [0.5, 0.6) is 0 Å². The molecule has 1 heterocycles. The number of carbonyl (C=O) groups excluding carboxylic acids is 2. The molecule has 0 bridgehead atoms. The van der Waals surface area contributed by atoms with Gasteiger partial charge in [0.15, 0.2) is 6.10 Å². The molecule has 0 fully saturated rings. The molecule has 1 amide bonds. The Morgan fingerprint density at radius 2 is 2.09 bits per heavy atom. The van der Waals surface area contributed by atoms with Crippen LogP contribution in [0.4, 0.5) is 10.1 Å². The Hall–Kier alpha value is -2.21. The highest BCUT2D eigenvalue weighted by molar-refractivity contribution is 7.14. The van der Waals surface area contributed by atoms with Crippen molar-refractivity contribution in [3.63, 3.8) is 0 Å². The van der Waals surface area contributed by atoms with Crippen molar-refractivity contribution in [1.29, 1.82) is 0 Å². The predicted octanol–water partition coefficient (Wildman–Crippen LogP) is 3.94. The molecule has 0 spiro atoms. The standard InChI is InChI=1S/C17H18FNO3S/c1-4-14-10(2)8-15(23-14)17(21)22-11(3)16(20)19-13-7-5-6-12(18)9-13/h5-9,11H,4H2,1-3H3,(H,19,20). The SMILES string of the molecule is CCc1sc(C(=O)OC(C)C(=O)Nc2cccc(F)c2)cc1C. The van der Waals surface area contributed by atoms with Crippen molar-refractivity contribution in [2.24, 2.45) is 0 Å². The first-order chi connectivity index (χ1) is 10.9. The molecule has 0 saturated carbocycles. The summed E-state index contributed by atoms with van der Waals surface area (Å²) in [6, 6.07) is 7.29. The summed E-state index contributed by atoms with van der Waals surface area (Å²) in [5, 5.41) is 2.51. The Balaban J connectivity index is 1.98. The normalized spacial score (nSPS) is 11.8. The minimum Gasteiger partial charge on any atom is -0.448 e. The number of rotatable bonds is 5. The fourth-order valence-corrected chi connectivity index (χ4v) is 3.05. The molecule has 6 heteroatoms. The van der Waals surface area contributed by atoms with E-state index in [2.05, 4.69) is 5.32 Å². The van der Waals surface area contributed by atoms with Gasteiger partial charge >= 0.3 is 5.97 Å². The first-order valence-corrected chi connectivity index (χ1v) is 8.09. The van der Waals surface area contributed by atoms with Crippen molar-refractivity contribution in [1.82, 2.24) is 0 Å². The number of carbonyl (C=O) groups is 2. The molecule has 122 valence electrons. The maximum Gasteiger partial charge on any atom is 0.349 e. The Kier molecular flexibility index (Phi) is 5.50. The van der Waals surface area contributed by atoms with Crippen molar-refractivity contribution in [2.45, 2.75) is 33.3 Å². The molecule has 0 aliphatic heterocycles. The van der Waals surface area contributed by atoms with Gasteiger partial charge in [-0.25, -0.2) is 9.18 Å². The largest absolute Gasteiger partial charge is 0.448 e. The molecule has 23 heavy (non-hydrogen) atoms. The molecule has 1 atom stereocenters. The molecule has 1 unspecified atom stereocenters. The van der Waals surface area contributed by atoms with Gasteiger partial charge in [-0.3, -0.25) is 4.79 Å². The van der Waals surface area contributed by atoms with E-state index in [9.17, 15) is 14.0 Å². The zero-order chi connectivity index (χ0) is 17.0. The van der Waals surface area contributed by atoms with Crippen LogP contribution in [0.25, 0.3) is 0 Å². The number of hydrogen-bond donors (Lipinski definition) is 1. The van der Waals surface area contributed by atoms with Crippen LogP contribution in [0, 0.1) is 12.7 Å². The summed E-state index contributed by atoms with van der Waals surface area (Å²) in [5.41, 5.74) is 1.36. The van der Waals surface area contributed by atoms with Crippen LogP contribution in [0.2, 0.25) is 0 Å². The summed E-state index contributed by atoms with van der Waals surface area (Å²) in [4.78, 5) is 25.7. The Morgan fingerprint density at radius 3 is 2.70 bits per heavy atom. The lowest BCUT2D eigenvalue weighted by Gasteiger charge is -2.13. The van der Waals surface area contributed by atoms with E-state index in [4.69, 9.17) is 4.74 Å². The van der Waals surface area contributed by atoms with Crippen molar-refractivity contribution in [3.05, 3.63) is 51.5 Å². The molecule has 2 rings (SSSR count). The van der Waals surface area contributed by atoms with Crippen LogP contribution in [0.3, 0.4) is 0 Å². The second-order valence-corrected chi connectivity index (χ2v) is 6.25. The minimum absolute atomic E-state index is 0.318. The van der Waals surface area contributed by atoms with Crippen molar-refractivity contribution in [2.75, 3.05) is 5.32 Å². The molecule has 0 aliphatic rings. The summed E-state index contributed by atoms with van der Waals surface area (Å²) >= 11 is 1.37. The lowest BCUT2D eigenvalue weighted by atomic mass is 10.2. The molecular formula is C17H18FNO3S. The van der Waals surface area contributed by atoms with E-state index in [0.717, 1.165) is 16.9 Å². The number of hydrogen-bond acceptors (Lipinski definition) is 4. The molecule has 1 N–H and O–H groups in total. The van der Waals surface area contributed by atoms with Crippen molar-refractivity contribution in [3.8, 4) is 0 Å². The lowest BCUT2D eigenvalue weighted by molar-refractivity contribution is -0.123. The van der Waals surface area contributed by atoms with Crippen molar-refractivity contribution < 1.29 is 18.7 Å². The summed E-state index contributed by atoms with van der Waals surface area (Å²) in [6.07, 6.45) is -0.127. The molecule has 2 aromatic rings. The third kappa shape index (κ3) is 4.39. The number of halogens is 1. The third-order valence-corrected chi connectivity index (χ3v) is 4.65. The zero-order valence-electron chi connectivity index (χ0n) is 13.2. The van der Waals surface area contributed by atoms with Gasteiger partial charge < -0.3 is 10.1 Å². The third-order valence-electron chi connectivity index (χ3n) is 3.29. The van der Waals surface area contributed by atoms with Gasteiger partial charge in [-0.1, -0.05) is 13.0 Å². The Bertz CT molecular complexity index is 726. The summed E-state index contributed by atoms with van der Waals surface area (Å²) < 4.78 is 18.3. The number of benzene rings is 1. The zero-order valence-corrected chi connectivity index (χ0v) is 14.0. The number of esters is 1. The molecular weight excluding hydrogens is 317 g/mol. The maximum atomic E-state index is 13.1. The van der Waals surface area contributed by atoms with E-state index in [1.807, 2.05) is 13.8 Å². The Morgan fingerprint density at radius 1 is 1.35 bits per heavy atom.